The second-order valence-corrected chi connectivity index (χ2v) is 6.27. The summed E-state index contributed by atoms with van der Waals surface area (Å²) in [7, 11) is 3.87. The van der Waals surface area contributed by atoms with E-state index in [1.807, 2.05) is 12.1 Å². The third-order valence-electron chi connectivity index (χ3n) is 4.77. The maximum Gasteiger partial charge on any atom is 0.118 e. The zero-order valence-corrected chi connectivity index (χ0v) is 13.8. The molecule has 0 bridgehead atoms. The van der Waals surface area contributed by atoms with E-state index in [-0.39, 0.29) is 5.54 Å². The molecule has 1 aliphatic heterocycles. The van der Waals surface area contributed by atoms with Crippen LogP contribution in [0.3, 0.4) is 0 Å². The van der Waals surface area contributed by atoms with Crippen LogP contribution in [0.15, 0.2) is 24.3 Å². The lowest BCUT2D eigenvalue weighted by atomic mass is 9.83. The van der Waals surface area contributed by atoms with Gasteiger partial charge in [-0.2, -0.15) is 0 Å². The SMILES string of the molecule is CCC(N1CCN(C)CC1)C(C)(N)c1ccc(OC)cc1. The van der Waals surface area contributed by atoms with Gasteiger partial charge in [0.1, 0.15) is 5.75 Å². The Bertz CT molecular complexity index is 436. The zero-order chi connectivity index (χ0) is 15.5. The number of benzene rings is 1. The minimum atomic E-state index is -0.350. The van der Waals surface area contributed by atoms with Crippen LogP contribution in [0.2, 0.25) is 0 Å². The molecule has 1 aromatic carbocycles. The Labute approximate surface area is 128 Å². The summed E-state index contributed by atoms with van der Waals surface area (Å²) in [5.41, 5.74) is 7.58. The maximum atomic E-state index is 6.75. The van der Waals surface area contributed by atoms with Crippen molar-refractivity contribution in [1.82, 2.24) is 9.80 Å². The summed E-state index contributed by atoms with van der Waals surface area (Å²) in [5, 5.41) is 0. The molecule has 1 aliphatic rings. The van der Waals surface area contributed by atoms with Crippen LogP contribution in [0.25, 0.3) is 0 Å². The van der Waals surface area contributed by atoms with E-state index in [0.717, 1.165) is 38.3 Å². The highest BCUT2D eigenvalue weighted by molar-refractivity contribution is 5.32. The highest BCUT2D eigenvalue weighted by Crippen LogP contribution is 2.29. The van der Waals surface area contributed by atoms with Gasteiger partial charge in [0.05, 0.1) is 12.6 Å². The minimum absolute atomic E-state index is 0.350. The lowest BCUT2D eigenvalue weighted by molar-refractivity contribution is 0.0693. The summed E-state index contributed by atoms with van der Waals surface area (Å²) in [5.74, 6) is 0.877. The molecule has 0 saturated carbocycles. The van der Waals surface area contributed by atoms with Crippen LogP contribution in [-0.2, 0) is 5.54 Å². The van der Waals surface area contributed by atoms with Crippen molar-refractivity contribution < 1.29 is 4.74 Å². The number of hydrogen-bond donors (Lipinski definition) is 1. The predicted octanol–water partition coefficient (Wildman–Crippen LogP) is 1.90. The fourth-order valence-electron chi connectivity index (χ4n) is 3.34. The fourth-order valence-corrected chi connectivity index (χ4v) is 3.34. The maximum absolute atomic E-state index is 6.75. The van der Waals surface area contributed by atoms with Gasteiger partial charge in [-0.15, -0.1) is 0 Å². The van der Waals surface area contributed by atoms with E-state index in [2.05, 4.69) is 42.8 Å². The van der Waals surface area contributed by atoms with Gasteiger partial charge in [0, 0.05) is 32.2 Å². The van der Waals surface area contributed by atoms with Crippen LogP contribution < -0.4 is 10.5 Å². The monoisotopic (exact) mass is 291 g/mol. The van der Waals surface area contributed by atoms with Gasteiger partial charge >= 0.3 is 0 Å². The first-order valence-electron chi connectivity index (χ1n) is 7.85. The van der Waals surface area contributed by atoms with Gasteiger partial charge in [0.15, 0.2) is 0 Å². The van der Waals surface area contributed by atoms with Crippen LogP contribution in [0.4, 0.5) is 0 Å². The minimum Gasteiger partial charge on any atom is -0.497 e. The Morgan fingerprint density at radius 1 is 1.19 bits per heavy atom. The molecule has 2 N–H and O–H groups in total. The first-order chi connectivity index (χ1) is 9.98. The van der Waals surface area contributed by atoms with Gasteiger partial charge in [0.25, 0.3) is 0 Å². The standard InChI is InChI=1S/C17H29N3O/c1-5-16(20-12-10-19(3)11-13-20)17(2,18)14-6-8-15(21-4)9-7-14/h6-9,16H,5,10-13,18H2,1-4H3. The molecule has 1 aromatic rings. The van der Waals surface area contributed by atoms with E-state index in [0.29, 0.717) is 6.04 Å². The first kappa shape index (κ1) is 16.3. The van der Waals surface area contributed by atoms with Crippen LogP contribution in [-0.4, -0.2) is 56.2 Å². The third-order valence-corrected chi connectivity index (χ3v) is 4.77. The molecule has 118 valence electrons. The molecule has 0 spiro atoms. The van der Waals surface area contributed by atoms with Crippen molar-refractivity contribution in [1.29, 1.82) is 0 Å². The molecular formula is C17H29N3O. The molecule has 21 heavy (non-hydrogen) atoms. The van der Waals surface area contributed by atoms with E-state index in [1.165, 1.54) is 5.56 Å². The number of methoxy groups -OCH3 is 1. The molecule has 4 nitrogen and oxygen atoms in total. The number of nitrogens with two attached hydrogens (primary N) is 1. The third kappa shape index (κ3) is 3.57. The van der Waals surface area contributed by atoms with E-state index in [1.54, 1.807) is 7.11 Å². The van der Waals surface area contributed by atoms with E-state index in [9.17, 15) is 0 Å². The highest BCUT2D eigenvalue weighted by Gasteiger charge is 2.35. The van der Waals surface area contributed by atoms with Crippen molar-refractivity contribution in [2.24, 2.45) is 5.73 Å². The summed E-state index contributed by atoms with van der Waals surface area (Å²) in [6, 6.07) is 8.54. The Morgan fingerprint density at radius 3 is 2.24 bits per heavy atom. The predicted molar refractivity (Wildman–Crippen MR) is 87.7 cm³/mol. The summed E-state index contributed by atoms with van der Waals surface area (Å²) >= 11 is 0. The van der Waals surface area contributed by atoms with Crippen molar-refractivity contribution in [3.05, 3.63) is 29.8 Å². The second kappa shape index (κ2) is 6.77. The molecule has 0 amide bonds. The van der Waals surface area contributed by atoms with Crippen molar-refractivity contribution in [2.45, 2.75) is 31.8 Å². The topological polar surface area (TPSA) is 41.7 Å². The van der Waals surface area contributed by atoms with Crippen molar-refractivity contribution in [3.8, 4) is 5.75 Å². The summed E-state index contributed by atoms with van der Waals surface area (Å²) in [6.07, 6.45) is 1.06. The van der Waals surface area contributed by atoms with Crippen molar-refractivity contribution in [3.63, 3.8) is 0 Å². The summed E-state index contributed by atoms with van der Waals surface area (Å²) < 4.78 is 5.24. The Balaban J connectivity index is 2.17. The Kier molecular flexibility index (Phi) is 5.25. The number of hydrogen-bond acceptors (Lipinski definition) is 4. The molecule has 0 aromatic heterocycles. The molecule has 0 aliphatic carbocycles. The molecule has 1 fully saturated rings. The van der Waals surface area contributed by atoms with Gasteiger partial charge in [0.2, 0.25) is 0 Å². The molecule has 2 rings (SSSR count). The smallest absolute Gasteiger partial charge is 0.118 e. The van der Waals surface area contributed by atoms with Gasteiger partial charge in [-0.05, 0) is 38.1 Å². The molecule has 2 atom stereocenters. The van der Waals surface area contributed by atoms with Crippen LogP contribution in [0, 0.1) is 0 Å². The average molecular weight is 291 g/mol. The molecule has 1 saturated heterocycles. The normalized spacial score (nSPS) is 21.8. The first-order valence-corrected chi connectivity index (χ1v) is 7.85. The molecular weight excluding hydrogens is 262 g/mol. The van der Waals surface area contributed by atoms with Crippen LogP contribution >= 0.6 is 0 Å². The van der Waals surface area contributed by atoms with Crippen LogP contribution in [0.1, 0.15) is 25.8 Å². The molecule has 0 radical (unpaired) electrons. The Hall–Kier alpha value is -1.10. The summed E-state index contributed by atoms with van der Waals surface area (Å²) in [6.45, 7) is 8.82. The van der Waals surface area contributed by atoms with Crippen molar-refractivity contribution in [2.75, 3.05) is 40.3 Å². The molecule has 4 heteroatoms. The lowest BCUT2D eigenvalue weighted by Crippen LogP contribution is -2.58. The number of rotatable bonds is 5. The number of likely N-dealkylation sites (N-methyl/N-ethyl adjacent to an activating group) is 1. The molecule has 1 heterocycles. The van der Waals surface area contributed by atoms with Gasteiger partial charge in [-0.25, -0.2) is 0 Å². The van der Waals surface area contributed by atoms with Gasteiger partial charge < -0.3 is 15.4 Å². The fraction of sp³-hybridized carbons (Fsp3) is 0.647. The van der Waals surface area contributed by atoms with Crippen molar-refractivity contribution >= 4 is 0 Å². The van der Waals surface area contributed by atoms with E-state index < -0.39 is 0 Å². The zero-order valence-electron chi connectivity index (χ0n) is 13.8. The number of nitrogens with zero attached hydrogens (tertiary/aromatic N) is 2. The Morgan fingerprint density at radius 2 is 1.76 bits per heavy atom. The van der Waals surface area contributed by atoms with E-state index in [4.69, 9.17) is 10.5 Å². The number of piperazine rings is 1. The number of ether oxygens (including phenoxy) is 1. The summed E-state index contributed by atoms with van der Waals surface area (Å²) in [4.78, 5) is 4.93. The molecule has 2 unspecified atom stereocenters. The highest BCUT2D eigenvalue weighted by atomic mass is 16.5. The van der Waals surface area contributed by atoms with Gasteiger partial charge in [-0.1, -0.05) is 19.1 Å². The lowest BCUT2D eigenvalue weighted by Gasteiger charge is -2.45. The average Bonchev–Trinajstić information content (AvgIpc) is 2.50. The van der Waals surface area contributed by atoms with Crippen LogP contribution in [0.5, 0.6) is 5.75 Å². The van der Waals surface area contributed by atoms with Gasteiger partial charge in [-0.3, -0.25) is 4.90 Å². The largest absolute Gasteiger partial charge is 0.497 e. The van der Waals surface area contributed by atoms with E-state index >= 15 is 0 Å². The second-order valence-electron chi connectivity index (χ2n) is 6.27. The quantitative estimate of drug-likeness (QED) is 0.899.